The highest BCUT2D eigenvalue weighted by Crippen LogP contribution is 2.33. The first-order valence-corrected chi connectivity index (χ1v) is 7.39. The van der Waals surface area contributed by atoms with Gasteiger partial charge in [-0.3, -0.25) is 0 Å². The van der Waals surface area contributed by atoms with Gasteiger partial charge in [-0.2, -0.15) is 5.26 Å². The predicted molar refractivity (Wildman–Crippen MR) is 80.1 cm³/mol. The summed E-state index contributed by atoms with van der Waals surface area (Å²) in [6.07, 6.45) is 5.25. The van der Waals surface area contributed by atoms with Gasteiger partial charge in [0.15, 0.2) is 0 Å². The fraction of sp³-hybridized carbons (Fsp3) is 0.588. The van der Waals surface area contributed by atoms with E-state index >= 15 is 0 Å². The molecule has 2 unspecified atom stereocenters. The zero-order valence-corrected chi connectivity index (χ0v) is 12.2. The molecule has 2 heteroatoms. The van der Waals surface area contributed by atoms with Gasteiger partial charge in [-0.05, 0) is 49.3 Å². The van der Waals surface area contributed by atoms with E-state index in [1.807, 2.05) is 18.2 Å². The molecule has 0 amide bonds. The molecule has 2 rings (SSSR count). The molecule has 0 aliphatic heterocycles. The standard InChI is InChI=1S/C17H24N2/c1-12(2)15-6-4-5-7-16(15)19-17-10-14(11-18)9-8-13(17)3/h8-10,12,15-16,19H,4-7H2,1-3H3. The molecule has 19 heavy (non-hydrogen) atoms. The van der Waals surface area contributed by atoms with Crippen LogP contribution in [0.15, 0.2) is 18.2 Å². The number of hydrogen-bond donors (Lipinski definition) is 1. The smallest absolute Gasteiger partial charge is 0.0992 e. The van der Waals surface area contributed by atoms with E-state index < -0.39 is 0 Å². The summed E-state index contributed by atoms with van der Waals surface area (Å²) >= 11 is 0. The number of aryl methyl sites for hydroxylation is 1. The van der Waals surface area contributed by atoms with Crippen molar-refractivity contribution < 1.29 is 0 Å². The first-order chi connectivity index (χ1) is 9.11. The summed E-state index contributed by atoms with van der Waals surface area (Å²) in [6.45, 7) is 6.75. The second-order valence-corrected chi connectivity index (χ2v) is 6.08. The Kier molecular flexibility index (Phi) is 4.47. The van der Waals surface area contributed by atoms with E-state index in [0.717, 1.165) is 23.1 Å². The quantitative estimate of drug-likeness (QED) is 0.864. The second kappa shape index (κ2) is 6.10. The molecule has 1 aromatic carbocycles. The lowest BCUT2D eigenvalue weighted by Gasteiger charge is -2.36. The number of benzene rings is 1. The number of nitrogens with one attached hydrogen (secondary N) is 1. The van der Waals surface area contributed by atoms with Gasteiger partial charge in [0.2, 0.25) is 0 Å². The molecule has 0 bridgehead atoms. The summed E-state index contributed by atoms with van der Waals surface area (Å²) in [5.74, 6) is 1.47. The van der Waals surface area contributed by atoms with E-state index in [9.17, 15) is 0 Å². The minimum atomic E-state index is 0.557. The van der Waals surface area contributed by atoms with E-state index in [2.05, 4.69) is 32.2 Å². The van der Waals surface area contributed by atoms with E-state index in [-0.39, 0.29) is 0 Å². The number of nitrogens with zero attached hydrogens (tertiary/aromatic N) is 1. The zero-order chi connectivity index (χ0) is 13.8. The van der Waals surface area contributed by atoms with Crippen molar-refractivity contribution in [2.45, 2.75) is 52.5 Å². The Morgan fingerprint density at radius 1 is 1.26 bits per heavy atom. The average Bonchev–Trinajstić information content (AvgIpc) is 2.41. The Morgan fingerprint density at radius 3 is 2.68 bits per heavy atom. The first-order valence-electron chi connectivity index (χ1n) is 7.39. The lowest BCUT2D eigenvalue weighted by Crippen LogP contribution is -2.35. The monoisotopic (exact) mass is 256 g/mol. The molecule has 0 heterocycles. The average molecular weight is 256 g/mol. The third-order valence-electron chi connectivity index (χ3n) is 4.38. The van der Waals surface area contributed by atoms with Crippen LogP contribution in [0, 0.1) is 30.1 Å². The summed E-state index contributed by atoms with van der Waals surface area (Å²) in [5, 5.41) is 12.7. The summed E-state index contributed by atoms with van der Waals surface area (Å²) in [4.78, 5) is 0. The molecular formula is C17H24N2. The van der Waals surface area contributed by atoms with Crippen LogP contribution in [0.3, 0.4) is 0 Å². The number of hydrogen-bond acceptors (Lipinski definition) is 2. The highest BCUT2D eigenvalue weighted by Gasteiger charge is 2.27. The minimum Gasteiger partial charge on any atom is -0.382 e. The van der Waals surface area contributed by atoms with E-state index in [1.54, 1.807) is 0 Å². The fourth-order valence-corrected chi connectivity index (χ4v) is 3.18. The van der Waals surface area contributed by atoms with Crippen molar-refractivity contribution in [3.8, 4) is 6.07 Å². The minimum absolute atomic E-state index is 0.557. The third kappa shape index (κ3) is 3.29. The Bertz CT molecular complexity index is 471. The van der Waals surface area contributed by atoms with Gasteiger partial charge in [0.1, 0.15) is 0 Å². The van der Waals surface area contributed by atoms with Gasteiger partial charge < -0.3 is 5.32 Å². The molecule has 102 valence electrons. The van der Waals surface area contributed by atoms with Gasteiger partial charge in [0, 0.05) is 11.7 Å². The van der Waals surface area contributed by atoms with Crippen molar-refractivity contribution >= 4 is 5.69 Å². The Hall–Kier alpha value is -1.49. The molecule has 2 nitrogen and oxygen atoms in total. The second-order valence-electron chi connectivity index (χ2n) is 6.08. The van der Waals surface area contributed by atoms with Crippen LogP contribution in [-0.2, 0) is 0 Å². The highest BCUT2D eigenvalue weighted by molar-refractivity contribution is 5.55. The zero-order valence-electron chi connectivity index (χ0n) is 12.2. The van der Waals surface area contributed by atoms with Gasteiger partial charge >= 0.3 is 0 Å². The van der Waals surface area contributed by atoms with Gasteiger partial charge in [-0.1, -0.05) is 32.8 Å². The molecule has 1 aliphatic rings. The van der Waals surface area contributed by atoms with Crippen molar-refractivity contribution in [2.24, 2.45) is 11.8 Å². The molecule has 0 aromatic heterocycles. The normalized spacial score (nSPS) is 23.1. The Morgan fingerprint density at radius 2 is 2.00 bits per heavy atom. The van der Waals surface area contributed by atoms with Crippen LogP contribution in [0.5, 0.6) is 0 Å². The van der Waals surface area contributed by atoms with Gasteiger partial charge in [-0.25, -0.2) is 0 Å². The Labute approximate surface area is 116 Å². The summed E-state index contributed by atoms with van der Waals surface area (Å²) < 4.78 is 0. The van der Waals surface area contributed by atoms with Gasteiger partial charge in [0.25, 0.3) is 0 Å². The molecule has 1 aliphatic carbocycles. The van der Waals surface area contributed by atoms with Crippen LogP contribution >= 0.6 is 0 Å². The maximum atomic E-state index is 9.02. The predicted octanol–water partition coefficient (Wildman–Crippen LogP) is 4.49. The SMILES string of the molecule is Cc1ccc(C#N)cc1NC1CCCCC1C(C)C. The summed E-state index contributed by atoms with van der Waals surface area (Å²) in [6, 6.07) is 8.70. The fourth-order valence-electron chi connectivity index (χ4n) is 3.18. The molecule has 2 atom stereocenters. The van der Waals surface area contributed by atoms with Gasteiger partial charge in [-0.15, -0.1) is 0 Å². The number of anilines is 1. The molecule has 0 saturated heterocycles. The van der Waals surface area contributed by atoms with Crippen molar-refractivity contribution in [3.05, 3.63) is 29.3 Å². The van der Waals surface area contributed by atoms with E-state index in [0.29, 0.717) is 6.04 Å². The molecule has 1 N–H and O–H groups in total. The maximum absolute atomic E-state index is 9.02. The molecule has 0 radical (unpaired) electrons. The third-order valence-corrected chi connectivity index (χ3v) is 4.38. The molecular weight excluding hydrogens is 232 g/mol. The molecule has 1 aromatic rings. The first kappa shape index (κ1) is 13.9. The summed E-state index contributed by atoms with van der Waals surface area (Å²) in [7, 11) is 0. The lowest BCUT2D eigenvalue weighted by atomic mass is 9.77. The lowest BCUT2D eigenvalue weighted by molar-refractivity contribution is 0.254. The molecule has 1 fully saturated rings. The largest absolute Gasteiger partial charge is 0.382 e. The maximum Gasteiger partial charge on any atom is 0.0992 e. The molecule has 1 saturated carbocycles. The van der Waals surface area contributed by atoms with Crippen LogP contribution in [0.25, 0.3) is 0 Å². The van der Waals surface area contributed by atoms with Crippen molar-refractivity contribution in [1.82, 2.24) is 0 Å². The van der Waals surface area contributed by atoms with Crippen molar-refractivity contribution in [3.63, 3.8) is 0 Å². The highest BCUT2D eigenvalue weighted by atomic mass is 14.9. The van der Waals surface area contributed by atoms with Crippen LogP contribution in [-0.4, -0.2) is 6.04 Å². The number of rotatable bonds is 3. The number of nitriles is 1. The van der Waals surface area contributed by atoms with Gasteiger partial charge in [0.05, 0.1) is 11.6 Å². The van der Waals surface area contributed by atoms with Crippen LogP contribution in [0.4, 0.5) is 5.69 Å². The van der Waals surface area contributed by atoms with Crippen LogP contribution in [0.2, 0.25) is 0 Å². The van der Waals surface area contributed by atoms with E-state index in [1.165, 1.54) is 31.2 Å². The van der Waals surface area contributed by atoms with Crippen LogP contribution in [0.1, 0.15) is 50.7 Å². The Balaban J connectivity index is 2.17. The molecule has 0 spiro atoms. The topological polar surface area (TPSA) is 35.8 Å². The van der Waals surface area contributed by atoms with Crippen molar-refractivity contribution in [1.29, 1.82) is 5.26 Å². The van der Waals surface area contributed by atoms with E-state index in [4.69, 9.17) is 5.26 Å². The summed E-state index contributed by atoms with van der Waals surface area (Å²) in [5.41, 5.74) is 3.11. The van der Waals surface area contributed by atoms with Crippen molar-refractivity contribution in [2.75, 3.05) is 5.32 Å². The van der Waals surface area contributed by atoms with Crippen LogP contribution < -0.4 is 5.32 Å².